The van der Waals surface area contributed by atoms with E-state index in [4.69, 9.17) is 0 Å². The van der Waals surface area contributed by atoms with Crippen LogP contribution in [0.2, 0.25) is 0 Å². The Kier molecular flexibility index (Phi) is 5.60. The first kappa shape index (κ1) is 20.3. The van der Waals surface area contributed by atoms with Crippen molar-refractivity contribution < 1.29 is 0 Å². The van der Waals surface area contributed by atoms with E-state index in [1.165, 1.54) is 5.69 Å². The van der Waals surface area contributed by atoms with Gasteiger partial charge < -0.3 is 19.7 Å². The minimum absolute atomic E-state index is 0.0307. The quantitative estimate of drug-likeness (QED) is 0.525. The molecule has 0 bridgehead atoms. The van der Waals surface area contributed by atoms with E-state index in [-0.39, 0.29) is 5.56 Å². The highest BCUT2D eigenvalue weighted by molar-refractivity contribution is 5.83. The first-order chi connectivity index (χ1) is 15.7. The molecule has 1 N–H and O–H groups in total. The number of pyridine rings is 2. The second-order valence-corrected chi connectivity index (χ2v) is 8.31. The summed E-state index contributed by atoms with van der Waals surface area (Å²) in [7, 11) is 2.17. The molecule has 2 aromatic heterocycles. The van der Waals surface area contributed by atoms with Gasteiger partial charge in [-0.1, -0.05) is 12.1 Å². The predicted octanol–water partition coefficient (Wildman–Crippen LogP) is 3.94. The van der Waals surface area contributed by atoms with Crippen LogP contribution in [0.3, 0.4) is 0 Å². The number of likely N-dealkylation sites (N-methyl/N-ethyl adjacent to an activating group) is 1. The van der Waals surface area contributed by atoms with E-state index in [9.17, 15) is 4.79 Å². The molecule has 0 radical (unpaired) electrons. The first-order valence-corrected chi connectivity index (χ1v) is 11.0. The maximum atomic E-state index is 12.6. The van der Waals surface area contributed by atoms with Crippen LogP contribution >= 0.6 is 0 Å². The van der Waals surface area contributed by atoms with Gasteiger partial charge in [0.1, 0.15) is 0 Å². The molecule has 0 aliphatic carbocycles. The second kappa shape index (κ2) is 8.85. The summed E-state index contributed by atoms with van der Waals surface area (Å²) in [5, 5.41) is 4.51. The number of nitrogens with one attached hydrogen (secondary N) is 1. The van der Waals surface area contributed by atoms with Crippen molar-refractivity contribution in [1.82, 2.24) is 14.5 Å². The molecule has 0 unspecified atom stereocenters. The van der Waals surface area contributed by atoms with Gasteiger partial charge in [-0.05, 0) is 67.0 Å². The molecule has 2 aromatic carbocycles. The Balaban J connectivity index is 1.39. The molecule has 1 aliphatic rings. The topological polar surface area (TPSA) is 53.4 Å². The molecule has 3 heterocycles. The highest BCUT2D eigenvalue weighted by Gasteiger charge is 2.14. The van der Waals surface area contributed by atoms with E-state index in [2.05, 4.69) is 51.4 Å². The van der Waals surface area contributed by atoms with Gasteiger partial charge in [-0.3, -0.25) is 9.78 Å². The molecule has 1 aliphatic heterocycles. The van der Waals surface area contributed by atoms with Crippen molar-refractivity contribution in [3.63, 3.8) is 0 Å². The average molecular weight is 426 g/mol. The molecule has 32 heavy (non-hydrogen) atoms. The largest absolute Gasteiger partial charge is 0.369 e. The number of fused-ring (bicyclic) bond motifs is 1. The van der Waals surface area contributed by atoms with Crippen molar-refractivity contribution in [2.45, 2.75) is 6.54 Å². The van der Waals surface area contributed by atoms with E-state index in [1.807, 2.05) is 42.5 Å². The van der Waals surface area contributed by atoms with Crippen molar-refractivity contribution >= 4 is 28.0 Å². The number of aromatic nitrogens is 2. The van der Waals surface area contributed by atoms with Gasteiger partial charge in [-0.15, -0.1) is 0 Å². The maximum Gasteiger partial charge on any atom is 0.251 e. The maximum absolute atomic E-state index is 12.6. The zero-order valence-electron chi connectivity index (χ0n) is 18.2. The number of hydrogen-bond acceptors (Lipinski definition) is 5. The molecule has 162 valence electrons. The molecule has 4 aromatic rings. The monoisotopic (exact) mass is 425 g/mol. The molecular weight excluding hydrogens is 398 g/mol. The Morgan fingerprint density at radius 2 is 1.62 bits per heavy atom. The van der Waals surface area contributed by atoms with Gasteiger partial charge >= 0.3 is 0 Å². The van der Waals surface area contributed by atoms with Crippen LogP contribution in [0.1, 0.15) is 5.69 Å². The van der Waals surface area contributed by atoms with Crippen LogP contribution < -0.4 is 15.8 Å². The van der Waals surface area contributed by atoms with Gasteiger partial charge in [0.25, 0.3) is 5.56 Å². The number of piperazine rings is 1. The van der Waals surface area contributed by atoms with E-state index in [0.29, 0.717) is 6.54 Å². The number of nitrogens with zero attached hydrogens (tertiary/aromatic N) is 4. The molecule has 0 spiro atoms. The predicted molar refractivity (Wildman–Crippen MR) is 131 cm³/mol. The summed E-state index contributed by atoms with van der Waals surface area (Å²) >= 11 is 0. The number of anilines is 3. The molecule has 6 heteroatoms. The summed E-state index contributed by atoms with van der Waals surface area (Å²) in [4.78, 5) is 21.8. The van der Waals surface area contributed by atoms with E-state index in [0.717, 1.165) is 54.2 Å². The first-order valence-electron chi connectivity index (χ1n) is 11.0. The van der Waals surface area contributed by atoms with Gasteiger partial charge in [0.2, 0.25) is 0 Å². The lowest BCUT2D eigenvalue weighted by atomic mass is 10.1. The molecule has 6 nitrogen and oxygen atoms in total. The van der Waals surface area contributed by atoms with Gasteiger partial charge in [0, 0.05) is 55.5 Å². The van der Waals surface area contributed by atoms with Crippen LogP contribution in [-0.2, 0) is 6.54 Å². The third kappa shape index (κ3) is 4.36. The molecule has 0 saturated carbocycles. The van der Waals surface area contributed by atoms with Gasteiger partial charge in [-0.2, -0.15) is 0 Å². The summed E-state index contributed by atoms with van der Waals surface area (Å²) in [5.74, 6) is 0. The fraction of sp³-hybridized carbons (Fsp3) is 0.231. The summed E-state index contributed by atoms with van der Waals surface area (Å²) in [5.41, 5.74) is 4.95. The van der Waals surface area contributed by atoms with Crippen molar-refractivity contribution in [3.05, 3.63) is 95.0 Å². The van der Waals surface area contributed by atoms with Crippen LogP contribution in [0.4, 0.5) is 17.1 Å². The molecule has 0 amide bonds. The highest BCUT2D eigenvalue weighted by Crippen LogP contribution is 2.24. The molecular formula is C26H27N5O. The fourth-order valence-corrected chi connectivity index (χ4v) is 4.17. The normalized spacial score (nSPS) is 14.6. The molecule has 1 saturated heterocycles. The summed E-state index contributed by atoms with van der Waals surface area (Å²) in [6.45, 7) is 4.75. The zero-order chi connectivity index (χ0) is 21.9. The van der Waals surface area contributed by atoms with Crippen molar-refractivity contribution in [3.8, 4) is 0 Å². The second-order valence-electron chi connectivity index (χ2n) is 8.31. The average Bonchev–Trinajstić information content (AvgIpc) is 2.83. The molecule has 1 fully saturated rings. The van der Waals surface area contributed by atoms with Crippen molar-refractivity contribution in [1.29, 1.82) is 0 Å². The third-order valence-corrected chi connectivity index (χ3v) is 6.06. The zero-order valence-corrected chi connectivity index (χ0v) is 18.2. The standard InChI is InChI=1S/C26H27N5O/c1-29-14-16-30(17-15-29)24-10-8-21(9-11-24)28-22-7-5-20-6-12-26(32)31(25(20)18-22)19-23-4-2-3-13-27-23/h2-13,18,28H,14-17,19H2,1H3. The van der Waals surface area contributed by atoms with Crippen molar-refractivity contribution in [2.75, 3.05) is 43.4 Å². The highest BCUT2D eigenvalue weighted by atomic mass is 16.1. The van der Waals surface area contributed by atoms with E-state index in [1.54, 1.807) is 16.8 Å². The van der Waals surface area contributed by atoms with E-state index >= 15 is 0 Å². The summed E-state index contributed by atoms with van der Waals surface area (Å²) < 4.78 is 1.78. The Labute approximate surface area is 187 Å². The lowest BCUT2D eigenvalue weighted by molar-refractivity contribution is 0.313. The van der Waals surface area contributed by atoms with Crippen LogP contribution in [0.5, 0.6) is 0 Å². The molecule has 0 atom stereocenters. The SMILES string of the molecule is CN1CCN(c2ccc(Nc3ccc4ccc(=O)n(Cc5ccccn5)c4c3)cc2)CC1. The smallest absolute Gasteiger partial charge is 0.251 e. The van der Waals surface area contributed by atoms with Crippen molar-refractivity contribution in [2.24, 2.45) is 0 Å². The third-order valence-electron chi connectivity index (χ3n) is 6.06. The van der Waals surface area contributed by atoms with Crippen LogP contribution in [0.15, 0.2) is 83.8 Å². The summed E-state index contributed by atoms with van der Waals surface area (Å²) in [6.07, 6.45) is 1.75. The van der Waals surface area contributed by atoms with Gasteiger partial charge in [0.05, 0.1) is 17.8 Å². The van der Waals surface area contributed by atoms with Gasteiger partial charge in [0.15, 0.2) is 0 Å². The van der Waals surface area contributed by atoms with Crippen LogP contribution in [-0.4, -0.2) is 47.7 Å². The fourth-order valence-electron chi connectivity index (χ4n) is 4.17. The number of benzene rings is 2. The number of rotatable bonds is 5. The Morgan fingerprint density at radius 1 is 0.875 bits per heavy atom. The lowest BCUT2D eigenvalue weighted by Crippen LogP contribution is -2.44. The Bertz CT molecular complexity index is 1260. The van der Waals surface area contributed by atoms with Crippen LogP contribution in [0, 0.1) is 0 Å². The van der Waals surface area contributed by atoms with Gasteiger partial charge in [-0.25, -0.2) is 0 Å². The number of hydrogen-bond donors (Lipinski definition) is 1. The van der Waals surface area contributed by atoms with Crippen LogP contribution in [0.25, 0.3) is 10.9 Å². The minimum atomic E-state index is -0.0307. The van der Waals surface area contributed by atoms with E-state index < -0.39 is 0 Å². The lowest BCUT2D eigenvalue weighted by Gasteiger charge is -2.34. The summed E-state index contributed by atoms with van der Waals surface area (Å²) in [6, 6.07) is 24.0. The minimum Gasteiger partial charge on any atom is -0.369 e. The Morgan fingerprint density at radius 3 is 2.38 bits per heavy atom. The Hall–Kier alpha value is -3.64. The molecule has 5 rings (SSSR count).